The maximum atomic E-state index is 12.8. The summed E-state index contributed by atoms with van der Waals surface area (Å²) in [5.74, 6) is -1.53. The second kappa shape index (κ2) is 6.85. The maximum absolute atomic E-state index is 12.8. The number of aliphatic hydroxyl groups is 2. The first kappa shape index (κ1) is 19.4. The van der Waals surface area contributed by atoms with Gasteiger partial charge in [0.2, 0.25) is 0 Å². The first-order valence-electron chi connectivity index (χ1n) is 10.0. The summed E-state index contributed by atoms with van der Waals surface area (Å²) >= 11 is 0. The molecule has 0 amide bonds. The lowest BCUT2D eigenvalue weighted by atomic mass is 9.44. The summed E-state index contributed by atoms with van der Waals surface area (Å²) < 4.78 is 11.3. The van der Waals surface area contributed by atoms with Gasteiger partial charge < -0.3 is 19.7 Å². The lowest BCUT2D eigenvalue weighted by Crippen LogP contribution is -2.64. The van der Waals surface area contributed by atoms with E-state index in [2.05, 4.69) is 0 Å². The first-order chi connectivity index (χ1) is 13.3. The molecule has 0 bridgehead atoms. The van der Waals surface area contributed by atoms with Crippen molar-refractivity contribution in [2.24, 2.45) is 28.6 Å². The fraction of sp³-hybridized carbons (Fsp3) is 0.636. The SMILES string of the molecule is CC1(CO)CCC(O)C2(C)C3COC(=O)C3CC(OC(=O)c3ccccc3)C12. The summed E-state index contributed by atoms with van der Waals surface area (Å²) in [4.78, 5) is 25.2. The zero-order chi connectivity index (χ0) is 20.1. The first-order valence-corrected chi connectivity index (χ1v) is 10.0. The number of carbonyl (C=O) groups excluding carboxylic acids is 2. The Hall–Kier alpha value is -1.92. The van der Waals surface area contributed by atoms with Gasteiger partial charge in [-0.1, -0.05) is 32.0 Å². The number of fused-ring (bicyclic) bond motifs is 3. The van der Waals surface area contributed by atoms with Crippen LogP contribution in [0.3, 0.4) is 0 Å². The van der Waals surface area contributed by atoms with E-state index in [4.69, 9.17) is 9.47 Å². The topological polar surface area (TPSA) is 93.1 Å². The lowest BCUT2D eigenvalue weighted by molar-refractivity contribution is -0.212. The Morgan fingerprint density at radius 2 is 2.00 bits per heavy atom. The normalized spacial score (nSPS) is 42.3. The molecule has 1 aromatic carbocycles. The van der Waals surface area contributed by atoms with E-state index in [0.717, 1.165) is 0 Å². The van der Waals surface area contributed by atoms with Gasteiger partial charge in [0.1, 0.15) is 6.10 Å². The van der Waals surface area contributed by atoms with Crippen LogP contribution in [0.2, 0.25) is 0 Å². The molecule has 6 nitrogen and oxygen atoms in total. The van der Waals surface area contributed by atoms with Gasteiger partial charge >= 0.3 is 11.9 Å². The molecule has 1 heterocycles. The van der Waals surface area contributed by atoms with Crippen molar-refractivity contribution in [2.45, 2.75) is 45.3 Å². The van der Waals surface area contributed by atoms with E-state index in [1.54, 1.807) is 24.3 Å². The zero-order valence-corrected chi connectivity index (χ0v) is 16.3. The average molecular weight is 388 g/mol. The molecule has 6 heteroatoms. The van der Waals surface area contributed by atoms with E-state index in [1.165, 1.54) is 0 Å². The van der Waals surface area contributed by atoms with E-state index >= 15 is 0 Å². The highest BCUT2D eigenvalue weighted by Gasteiger charge is 2.67. The van der Waals surface area contributed by atoms with Crippen molar-refractivity contribution in [2.75, 3.05) is 13.2 Å². The van der Waals surface area contributed by atoms with Gasteiger partial charge in [-0.3, -0.25) is 4.79 Å². The van der Waals surface area contributed by atoms with Crippen molar-refractivity contribution in [1.82, 2.24) is 0 Å². The van der Waals surface area contributed by atoms with Gasteiger partial charge in [-0.25, -0.2) is 4.79 Å². The van der Waals surface area contributed by atoms with Gasteiger partial charge in [0, 0.05) is 23.9 Å². The van der Waals surface area contributed by atoms with Gasteiger partial charge in [0.05, 0.1) is 24.2 Å². The molecule has 28 heavy (non-hydrogen) atoms. The van der Waals surface area contributed by atoms with Crippen LogP contribution in [0.1, 0.15) is 43.5 Å². The number of hydrogen-bond acceptors (Lipinski definition) is 6. The second-order valence-electron chi connectivity index (χ2n) is 9.10. The summed E-state index contributed by atoms with van der Waals surface area (Å²) in [6.45, 7) is 4.17. The number of cyclic esters (lactones) is 1. The molecule has 3 aliphatic rings. The lowest BCUT2D eigenvalue weighted by Gasteiger charge is -2.61. The fourth-order valence-electron chi connectivity index (χ4n) is 6.11. The van der Waals surface area contributed by atoms with Crippen LogP contribution in [-0.2, 0) is 14.3 Å². The van der Waals surface area contributed by atoms with Crippen molar-refractivity contribution in [3.63, 3.8) is 0 Å². The van der Waals surface area contributed by atoms with Crippen molar-refractivity contribution >= 4 is 11.9 Å². The molecule has 7 unspecified atom stereocenters. The number of aliphatic hydroxyl groups excluding tert-OH is 2. The third-order valence-electron chi connectivity index (χ3n) is 7.61. The second-order valence-corrected chi connectivity index (χ2v) is 9.10. The standard InChI is InChI=1S/C22H28O6/c1-21(12-23)9-8-17(24)22(2)15-11-27-20(26)14(15)10-16(18(21)22)28-19(25)13-6-4-3-5-7-13/h3-7,14-18,23-24H,8-12H2,1-2H3. The Balaban J connectivity index is 1.73. The molecular formula is C22H28O6. The van der Waals surface area contributed by atoms with Gasteiger partial charge in [-0.15, -0.1) is 0 Å². The predicted octanol–water partition coefficient (Wildman–Crippen LogP) is 2.18. The maximum Gasteiger partial charge on any atom is 0.338 e. The number of rotatable bonds is 3. The molecule has 4 rings (SSSR count). The smallest absolute Gasteiger partial charge is 0.338 e. The quantitative estimate of drug-likeness (QED) is 0.771. The van der Waals surface area contributed by atoms with Crippen LogP contribution in [0.5, 0.6) is 0 Å². The van der Waals surface area contributed by atoms with Gasteiger partial charge in [0.15, 0.2) is 0 Å². The summed E-state index contributed by atoms with van der Waals surface area (Å²) in [6, 6.07) is 8.76. The van der Waals surface area contributed by atoms with Crippen molar-refractivity contribution in [3.8, 4) is 0 Å². The van der Waals surface area contributed by atoms with Gasteiger partial charge in [-0.05, 0) is 36.8 Å². The highest BCUT2D eigenvalue weighted by molar-refractivity contribution is 5.89. The molecule has 0 radical (unpaired) electrons. The van der Waals surface area contributed by atoms with Crippen molar-refractivity contribution < 1.29 is 29.3 Å². The van der Waals surface area contributed by atoms with E-state index in [9.17, 15) is 19.8 Å². The van der Waals surface area contributed by atoms with Gasteiger partial charge in [0.25, 0.3) is 0 Å². The highest BCUT2D eigenvalue weighted by atomic mass is 16.6. The Kier molecular flexibility index (Phi) is 4.74. The molecule has 1 aliphatic heterocycles. The summed E-state index contributed by atoms with van der Waals surface area (Å²) in [5, 5.41) is 21.2. The third kappa shape index (κ3) is 2.77. The molecule has 0 aromatic heterocycles. The Morgan fingerprint density at radius 3 is 2.68 bits per heavy atom. The minimum atomic E-state index is -0.674. The minimum absolute atomic E-state index is 0.0639. The van der Waals surface area contributed by atoms with Crippen LogP contribution < -0.4 is 0 Å². The van der Waals surface area contributed by atoms with Crippen LogP contribution in [0, 0.1) is 28.6 Å². The largest absolute Gasteiger partial charge is 0.465 e. The summed E-state index contributed by atoms with van der Waals surface area (Å²) in [6.07, 6.45) is 0.330. The highest BCUT2D eigenvalue weighted by Crippen LogP contribution is 2.63. The number of ether oxygens (including phenoxy) is 2. The van der Waals surface area contributed by atoms with Crippen LogP contribution in [-0.4, -0.2) is 47.6 Å². The Labute approximate surface area is 164 Å². The van der Waals surface area contributed by atoms with Crippen LogP contribution in [0.25, 0.3) is 0 Å². The zero-order valence-electron chi connectivity index (χ0n) is 16.3. The molecular weight excluding hydrogens is 360 g/mol. The van der Waals surface area contributed by atoms with Crippen molar-refractivity contribution in [1.29, 1.82) is 0 Å². The molecule has 1 saturated heterocycles. The van der Waals surface area contributed by atoms with E-state index in [-0.39, 0.29) is 31.0 Å². The minimum Gasteiger partial charge on any atom is -0.465 e. The van der Waals surface area contributed by atoms with E-state index in [0.29, 0.717) is 24.8 Å². The number of benzene rings is 1. The molecule has 3 fully saturated rings. The average Bonchev–Trinajstić information content (AvgIpc) is 3.07. The van der Waals surface area contributed by atoms with Crippen LogP contribution >= 0.6 is 0 Å². The molecule has 1 aromatic rings. The monoisotopic (exact) mass is 388 g/mol. The van der Waals surface area contributed by atoms with Crippen LogP contribution in [0.15, 0.2) is 30.3 Å². The van der Waals surface area contributed by atoms with E-state index < -0.39 is 34.9 Å². The van der Waals surface area contributed by atoms with E-state index in [1.807, 2.05) is 19.9 Å². The molecule has 152 valence electrons. The molecule has 0 spiro atoms. The fourth-order valence-corrected chi connectivity index (χ4v) is 6.11. The molecule has 2 saturated carbocycles. The predicted molar refractivity (Wildman–Crippen MR) is 100 cm³/mol. The third-order valence-corrected chi connectivity index (χ3v) is 7.61. The molecule has 2 N–H and O–H groups in total. The Bertz CT molecular complexity index is 764. The van der Waals surface area contributed by atoms with Gasteiger partial charge in [-0.2, -0.15) is 0 Å². The number of esters is 2. The van der Waals surface area contributed by atoms with Crippen LogP contribution in [0.4, 0.5) is 0 Å². The number of carbonyl (C=O) groups is 2. The summed E-state index contributed by atoms with van der Waals surface area (Å²) in [7, 11) is 0. The number of hydrogen-bond donors (Lipinski definition) is 2. The molecule has 2 aliphatic carbocycles. The Morgan fingerprint density at radius 1 is 1.29 bits per heavy atom. The van der Waals surface area contributed by atoms with Crippen molar-refractivity contribution in [3.05, 3.63) is 35.9 Å². The summed E-state index contributed by atoms with van der Waals surface area (Å²) in [5.41, 5.74) is -0.735. The molecule has 7 atom stereocenters.